The van der Waals surface area contributed by atoms with Gasteiger partial charge >= 0.3 is 5.97 Å². The number of hydrogen-bond acceptors (Lipinski definition) is 3. The molecule has 0 aliphatic rings. The lowest BCUT2D eigenvalue weighted by atomic mass is 9.89. The molecule has 4 nitrogen and oxygen atoms in total. The van der Waals surface area contributed by atoms with E-state index in [9.17, 15) is 4.79 Å². The Labute approximate surface area is 101 Å². The Kier molecular flexibility index (Phi) is 4.84. The molecule has 17 heavy (non-hydrogen) atoms. The van der Waals surface area contributed by atoms with Gasteiger partial charge in [-0.05, 0) is 12.1 Å². The third-order valence-electron chi connectivity index (χ3n) is 2.45. The smallest absolute Gasteiger partial charge is 0.328 e. The van der Waals surface area contributed by atoms with Crippen molar-refractivity contribution in [3.8, 4) is 0 Å². The molecule has 2 N–H and O–H groups in total. The highest BCUT2D eigenvalue weighted by molar-refractivity contribution is 5.79. The van der Waals surface area contributed by atoms with E-state index in [0.717, 1.165) is 18.3 Å². The first-order valence-corrected chi connectivity index (χ1v) is 5.54. The van der Waals surface area contributed by atoms with E-state index in [4.69, 9.17) is 5.11 Å². The number of carbonyl (C=O) groups is 1. The molecule has 4 heteroatoms. The summed E-state index contributed by atoms with van der Waals surface area (Å²) in [5, 5.41) is 11.6. The van der Waals surface area contributed by atoms with Gasteiger partial charge in [0.25, 0.3) is 0 Å². The Bertz CT molecular complexity index is 386. The first kappa shape index (κ1) is 13.4. The van der Waals surface area contributed by atoms with Crippen molar-refractivity contribution in [3.05, 3.63) is 42.2 Å². The van der Waals surface area contributed by atoms with Crippen LogP contribution < -0.4 is 5.32 Å². The molecule has 0 aliphatic carbocycles. The van der Waals surface area contributed by atoms with E-state index in [0.29, 0.717) is 6.54 Å². The first-order valence-electron chi connectivity index (χ1n) is 5.54. The molecule has 0 saturated heterocycles. The van der Waals surface area contributed by atoms with Crippen LogP contribution in [0, 0.1) is 0 Å². The van der Waals surface area contributed by atoms with Crippen molar-refractivity contribution in [2.24, 2.45) is 0 Å². The molecule has 1 heterocycles. The van der Waals surface area contributed by atoms with Crippen molar-refractivity contribution in [2.45, 2.75) is 19.3 Å². The van der Waals surface area contributed by atoms with Gasteiger partial charge in [0.15, 0.2) is 0 Å². The summed E-state index contributed by atoms with van der Waals surface area (Å²) >= 11 is 0. The molecule has 0 bridgehead atoms. The van der Waals surface area contributed by atoms with Gasteiger partial charge in [0.2, 0.25) is 0 Å². The number of rotatable bonds is 6. The molecule has 1 rings (SSSR count). The maximum Gasteiger partial charge on any atom is 0.328 e. The van der Waals surface area contributed by atoms with E-state index in [1.165, 1.54) is 0 Å². The fourth-order valence-corrected chi connectivity index (χ4v) is 1.48. The minimum absolute atomic E-state index is 0.0711. The second-order valence-corrected chi connectivity index (χ2v) is 4.47. The summed E-state index contributed by atoms with van der Waals surface area (Å²) in [6.45, 7) is 5.49. The van der Waals surface area contributed by atoms with Crippen molar-refractivity contribution in [2.75, 3.05) is 13.1 Å². The fraction of sp³-hybridized carbons (Fsp3) is 0.385. The van der Waals surface area contributed by atoms with Crippen LogP contribution in [0.15, 0.2) is 36.5 Å². The highest BCUT2D eigenvalue weighted by Gasteiger charge is 2.20. The molecule has 0 saturated carbocycles. The molecule has 0 spiro atoms. The van der Waals surface area contributed by atoms with E-state index in [1.807, 2.05) is 18.2 Å². The van der Waals surface area contributed by atoms with Gasteiger partial charge in [0.1, 0.15) is 0 Å². The number of hydrogen-bond donors (Lipinski definition) is 2. The summed E-state index contributed by atoms with van der Waals surface area (Å²) < 4.78 is 0. The third-order valence-corrected chi connectivity index (χ3v) is 2.45. The van der Waals surface area contributed by atoms with Gasteiger partial charge in [-0.1, -0.05) is 26.0 Å². The Balaban J connectivity index is 2.43. The number of aromatic nitrogens is 1. The van der Waals surface area contributed by atoms with E-state index in [1.54, 1.807) is 12.3 Å². The van der Waals surface area contributed by atoms with Crippen LogP contribution in [0.1, 0.15) is 19.5 Å². The lowest BCUT2D eigenvalue weighted by molar-refractivity contribution is -0.131. The summed E-state index contributed by atoms with van der Waals surface area (Å²) in [7, 11) is 0. The SMILES string of the molecule is CC(C)(CNC/C=C/C(=O)O)c1ccccn1. The van der Waals surface area contributed by atoms with Gasteiger partial charge in [0, 0.05) is 36.5 Å². The topological polar surface area (TPSA) is 62.2 Å². The van der Waals surface area contributed by atoms with Gasteiger partial charge in [0.05, 0.1) is 0 Å². The maximum absolute atomic E-state index is 10.3. The predicted octanol–water partition coefficient (Wildman–Crippen LogP) is 1.59. The van der Waals surface area contributed by atoms with Crippen LogP contribution in [0.3, 0.4) is 0 Å². The number of nitrogens with one attached hydrogen (secondary N) is 1. The zero-order valence-corrected chi connectivity index (χ0v) is 10.2. The monoisotopic (exact) mass is 234 g/mol. The molecular formula is C13H18N2O2. The Morgan fingerprint density at radius 2 is 2.29 bits per heavy atom. The normalized spacial score (nSPS) is 11.9. The van der Waals surface area contributed by atoms with Crippen LogP contribution in [0.4, 0.5) is 0 Å². The van der Waals surface area contributed by atoms with Crippen molar-refractivity contribution in [1.29, 1.82) is 0 Å². The van der Waals surface area contributed by atoms with Gasteiger partial charge in [-0.25, -0.2) is 4.79 Å². The summed E-state index contributed by atoms with van der Waals surface area (Å²) in [6.07, 6.45) is 4.51. The zero-order valence-electron chi connectivity index (χ0n) is 10.2. The standard InChI is InChI=1S/C13H18N2O2/c1-13(2,11-6-3-4-9-15-11)10-14-8-5-7-12(16)17/h3-7,9,14H,8,10H2,1-2H3,(H,16,17)/b7-5+. The van der Waals surface area contributed by atoms with Crippen molar-refractivity contribution in [3.63, 3.8) is 0 Å². The summed E-state index contributed by atoms with van der Waals surface area (Å²) in [4.78, 5) is 14.6. The minimum atomic E-state index is -0.921. The highest BCUT2D eigenvalue weighted by atomic mass is 16.4. The lowest BCUT2D eigenvalue weighted by Crippen LogP contribution is -2.33. The van der Waals surface area contributed by atoms with E-state index >= 15 is 0 Å². The molecule has 0 fully saturated rings. The molecule has 0 atom stereocenters. The van der Waals surface area contributed by atoms with Crippen LogP contribution in [-0.2, 0) is 10.2 Å². The minimum Gasteiger partial charge on any atom is -0.478 e. The molecule has 0 amide bonds. The predicted molar refractivity (Wildman–Crippen MR) is 66.9 cm³/mol. The molecule has 1 aromatic rings. The lowest BCUT2D eigenvalue weighted by Gasteiger charge is -2.24. The quantitative estimate of drug-likeness (QED) is 0.579. The maximum atomic E-state index is 10.3. The highest BCUT2D eigenvalue weighted by Crippen LogP contribution is 2.19. The van der Waals surface area contributed by atoms with Crippen LogP contribution in [0.25, 0.3) is 0 Å². The van der Waals surface area contributed by atoms with Crippen LogP contribution in [0.2, 0.25) is 0 Å². The molecule has 92 valence electrons. The van der Waals surface area contributed by atoms with Gasteiger partial charge < -0.3 is 10.4 Å². The van der Waals surface area contributed by atoms with Crippen LogP contribution in [-0.4, -0.2) is 29.1 Å². The van der Waals surface area contributed by atoms with Gasteiger partial charge in [-0.15, -0.1) is 0 Å². The summed E-state index contributed by atoms with van der Waals surface area (Å²) in [5.41, 5.74) is 0.952. The average molecular weight is 234 g/mol. The molecule has 0 radical (unpaired) electrons. The van der Waals surface area contributed by atoms with E-state index in [2.05, 4.69) is 24.1 Å². The van der Waals surface area contributed by atoms with Crippen molar-refractivity contribution < 1.29 is 9.90 Å². The summed E-state index contributed by atoms with van der Waals surface area (Å²) in [6, 6.07) is 5.85. The Hall–Kier alpha value is -1.68. The van der Waals surface area contributed by atoms with Gasteiger partial charge in [-0.3, -0.25) is 4.98 Å². The molecule has 1 aromatic heterocycles. The van der Waals surface area contributed by atoms with Gasteiger partial charge in [-0.2, -0.15) is 0 Å². The molecule has 0 aromatic carbocycles. The molecule has 0 unspecified atom stereocenters. The van der Waals surface area contributed by atoms with Crippen molar-refractivity contribution >= 4 is 5.97 Å². The van der Waals surface area contributed by atoms with Crippen molar-refractivity contribution in [1.82, 2.24) is 10.3 Å². The fourth-order valence-electron chi connectivity index (χ4n) is 1.48. The second-order valence-electron chi connectivity index (χ2n) is 4.47. The first-order chi connectivity index (χ1) is 8.02. The third kappa shape index (κ3) is 4.78. The number of carboxylic acid groups (broad SMARTS) is 1. The number of pyridine rings is 1. The molecule has 0 aliphatic heterocycles. The number of carboxylic acids is 1. The summed E-state index contributed by atoms with van der Waals surface area (Å²) in [5.74, 6) is -0.921. The number of nitrogens with zero attached hydrogens (tertiary/aromatic N) is 1. The Morgan fingerprint density at radius 3 is 2.88 bits per heavy atom. The van der Waals surface area contributed by atoms with Crippen LogP contribution >= 0.6 is 0 Å². The Morgan fingerprint density at radius 1 is 1.53 bits per heavy atom. The largest absolute Gasteiger partial charge is 0.478 e. The van der Waals surface area contributed by atoms with Crippen LogP contribution in [0.5, 0.6) is 0 Å². The van der Waals surface area contributed by atoms with E-state index in [-0.39, 0.29) is 5.41 Å². The second kappa shape index (κ2) is 6.15. The molecular weight excluding hydrogens is 216 g/mol. The van der Waals surface area contributed by atoms with E-state index < -0.39 is 5.97 Å². The number of aliphatic carboxylic acids is 1. The zero-order chi connectivity index (χ0) is 12.7. The average Bonchev–Trinajstić information content (AvgIpc) is 2.29.